The van der Waals surface area contributed by atoms with Gasteiger partial charge in [-0.1, -0.05) is 25.6 Å². The predicted molar refractivity (Wildman–Crippen MR) is 57.5 cm³/mol. The predicted octanol–water partition coefficient (Wildman–Crippen LogP) is 2.63. The SMILES string of the molecule is CCC(O)(CC)CSc1nc(C)co1. The van der Waals surface area contributed by atoms with Crippen molar-refractivity contribution < 1.29 is 9.52 Å². The molecule has 0 aliphatic heterocycles. The Bertz CT molecular complexity index is 281. The molecule has 4 heteroatoms. The maximum absolute atomic E-state index is 10.0. The quantitative estimate of drug-likeness (QED) is 0.767. The summed E-state index contributed by atoms with van der Waals surface area (Å²) in [6, 6.07) is 0. The first-order valence-electron chi connectivity index (χ1n) is 4.87. The Kier molecular flexibility index (Phi) is 4.01. The van der Waals surface area contributed by atoms with E-state index in [1.165, 1.54) is 11.8 Å². The third-order valence-corrected chi connectivity index (χ3v) is 3.49. The molecular weight excluding hydrogens is 198 g/mol. The zero-order chi connectivity index (χ0) is 10.6. The lowest BCUT2D eigenvalue weighted by atomic mass is 10.0. The summed E-state index contributed by atoms with van der Waals surface area (Å²) >= 11 is 1.47. The number of aliphatic hydroxyl groups is 1. The summed E-state index contributed by atoms with van der Waals surface area (Å²) in [5, 5.41) is 10.6. The van der Waals surface area contributed by atoms with Crippen molar-refractivity contribution in [3.05, 3.63) is 12.0 Å². The Balaban J connectivity index is 2.47. The van der Waals surface area contributed by atoms with Gasteiger partial charge in [-0.2, -0.15) is 0 Å². The van der Waals surface area contributed by atoms with Crippen molar-refractivity contribution in [2.45, 2.75) is 44.4 Å². The van der Waals surface area contributed by atoms with E-state index in [2.05, 4.69) is 4.98 Å². The molecule has 0 aliphatic carbocycles. The lowest BCUT2D eigenvalue weighted by molar-refractivity contribution is 0.0570. The van der Waals surface area contributed by atoms with Crippen molar-refractivity contribution in [3.8, 4) is 0 Å². The zero-order valence-corrected chi connectivity index (χ0v) is 9.73. The van der Waals surface area contributed by atoms with Crippen LogP contribution >= 0.6 is 11.8 Å². The van der Waals surface area contributed by atoms with Gasteiger partial charge >= 0.3 is 0 Å². The van der Waals surface area contributed by atoms with Crippen LogP contribution in [-0.4, -0.2) is 21.4 Å². The molecule has 1 rings (SSSR count). The summed E-state index contributed by atoms with van der Waals surface area (Å²) in [4.78, 5) is 4.17. The van der Waals surface area contributed by atoms with Gasteiger partial charge in [0.1, 0.15) is 6.26 Å². The van der Waals surface area contributed by atoms with E-state index in [1.54, 1.807) is 6.26 Å². The smallest absolute Gasteiger partial charge is 0.255 e. The van der Waals surface area contributed by atoms with Crippen LogP contribution in [0.4, 0.5) is 0 Å². The van der Waals surface area contributed by atoms with Gasteiger partial charge in [-0.3, -0.25) is 0 Å². The van der Waals surface area contributed by atoms with Crippen LogP contribution in [0.15, 0.2) is 15.9 Å². The van der Waals surface area contributed by atoms with Crippen molar-refractivity contribution in [1.29, 1.82) is 0 Å². The second-order valence-electron chi connectivity index (χ2n) is 3.47. The van der Waals surface area contributed by atoms with E-state index in [0.29, 0.717) is 11.0 Å². The monoisotopic (exact) mass is 215 g/mol. The summed E-state index contributed by atoms with van der Waals surface area (Å²) < 4.78 is 5.19. The molecular formula is C10H17NO2S. The van der Waals surface area contributed by atoms with E-state index >= 15 is 0 Å². The van der Waals surface area contributed by atoms with Gasteiger partial charge in [0.15, 0.2) is 0 Å². The van der Waals surface area contributed by atoms with E-state index in [4.69, 9.17) is 4.42 Å². The number of thioether (sulfide) groups is 1. The van der Waals surface area contributed by atoms with Crippen LogP contribution in [0.1, 0.15) is 32.4 Å². The highest BCUT2D eigenvalue weighted by Gasteiger charge is 2.23. The Labute approximate surface area is 88.9 Å². The van der Waals surface area contributed by atoms with Crippen LogP contribution in [-0.2, 0) is 0 Å². The average molecular weight is 215 g/mol. The van der Waals surface area contributed by atoms with Crippen LogP contribution in [0.25, 0.3) is 0 Å². The van der Waals surface area contributed by atoms with Crippen molar-refractivity contribution in [2.24, 2.45) is 0 Å². The molecule has 0 radical (unpaired) electrons. The molecule has 1 N–H and O–H groups in total. The summed E-state index contributed by atoms with van der Waals surface area (Å²) in [5.41, 5.74) is 0.289. The number of oxazole rings is 1. The number of hydrogen-bond donors (Lipinski definition) is 1. The second-order valence-corrected chi connectivity index (χ2v) is 4.40. The van der Waals surface area contributed by atoms with Crippen molar-refractivity contribution in [3.63, 3.8) is 0 Å². The maximum atomic E-state index is 10.0. The fourth-order valence-electron chi connectivity index (χ4n) is 1.05. The molecule has 0 saturated heterocycles. The van der Waals surface area contributed by atoms with E-state index in [0.717, 1.165) is 18.5 Å². The molecule has 14 heavy (non-hydrogen) atoms. The van der Waals surface area contributed by atoms with Crippen molar-refractivity contribution in [1.82, 2.24) is 4.98 Å². The van der Waals surface area contributed by atoms with E-state index in [1.807, 2.05) is 20.8 Å². The Hall–Kier alpha value is -0.480. The first-order chi connectivity index (χ1) is 6.59. The van der Waals surface area contributed by atoms with E-state index in [-0.39, 0.29) is 0 Å². The van der Waals surface area contributed by atoms with Crippen LogP contribution in [0.2, 0.25) is 0 Å². The molecule has 0 unspecified atom stereocenters. The molecule has 1 heterocycles. The lowest BCUT2D eigenvalue weighted by Gasteiger charge is -2.23. The van der Waals surface area contributed by atoms with Gasteiger partial charge in [-0.15, -0.1) is 0 Å². The molecule has 0 atom stereocenters. The normalized spacial score (nSPS) is 12.0. The topological polar surface area (TPSA) is 46.3 Å². The number of aromatic nitrogens is 1. The summed E-state index contributed by atoms with van der Waals surface area (Å²) in [7, 11) is 0. The first kappa shape index (κ1) is 11.6. The summed E-state index contributed by atoms with van der Waals surface area (Å²) in [6.45, 7) is 5.87. The third kappa shape index (κ3) is 3.03. The molecule has 0 aliphatic rings. The largest absolute Gasteiger partial charge is 0.440 e. The third-order valence-electron chi connectivity index (χ3n) is 2.38. The molecule has 0 spiro atoms. The molecule has 0 saturated carbocycles. The minimum Gasteiger partial charge on any atom is -0.440 e. The van der Waals surface area contributed by atoms with Crippen molar-refractivity contribution in [2.75, 3.05) is 5.75 Å². The highest BCUT2D eigenvalue weighted by molar-refractivity contribution is 7.99. The van der Waals surface area contributed by atoms with E-state index in [9.17, 15) is 5.11 Å². The summed E-state index contributed by atoms with van der Waals surface area (Å²) in [5.74, 6) is 0.639. The van der Waals surface area contributed by atoms with Gasteiger partial charge in [-0.25, -0.2) is 4.98 Å². The molecule has 0 amide bonds. The van der Waals surface area contributed by atoms with E-state index < -0.39 is 5.60 Å². The van der Waals surface area contributed by atoms with Gasteiger partial charge in [0.2, 0.25) is 0 Å². The minimum atomic E-state index is -0.590. The Morgan fingerprint density at radius 1 is 1.50 bits per heavy atom. The molecule has 0 aromatic carbocycles. The standard InChI is InChI=1S/C10H17NO2S/c1-4-10(12,5-2)7-14-9-11-8(3)6-13-9/h6,12H,4-5,7H2,1-3H3. The molecule has 0 bridgehead atoms. The highest BCUT2D eigenvalue weighted by Crippen LogP contribution is 2.25. The number of hydrogen-bond acceptors (Lipinski definition) is 4. The molecule has 3 nitrogen and oxygen atoms in total. The molecule has 0 fully saturated rings. The van der Waals surface area contributed by atoms with Gasteiger partial charge in [0.25, 0.3) is 5.22 Å². The van der Waals surface area contributed by atoms with Gasteiger partial charge in [0, 0.05) is 5.75 Å². The van der Waals surface area contributed by atoms with Crippen LogP contribution in [0.3, 0.4) is 0 Å². The Morgan fingerprint density at radius 2 is 2.14 bits per heavy atom. The highest BCUT2D eigenvalue weighted by atomic mass is 32.2. The van der Waals surface area contributed by atoms with Crippen LogP contribution in [0.5, 0.6) is 0 Å². The molecule has 80 valence electrons. The molecule has 1 aromatic heterocycles. The summed E-state index contributed by atoms with van der Waals surface area (Å²) in [6.07, 6.45) is 3.14. The lowest BCUT2D eigenvalue weighted by Crippen LogP contribution is -2.29. The fourth-order valence-corrected chi connectivity index (χ4v) is 2.17. The van der Waals surface area contributed by atoms with Crippen LogP contribution in [0, 0.1) is 6.92 Å². The van der Waals surface area contributed by atoms with Crippen molar-refractivity contribution >= 4 is 11.8 Å². The molecule has 1 aromatic rings. The first-order valence-corrected chi connectivity index (χ1v) is 5.85. The number of aryl methyl sites for hydroxylation is 1. The number of nitrogens with zero attached hydrogens (tertiary/aromatic N) is 1. The zero-order valence-electron chi connectivity index (χ0n) is 8.91. The van der Waals surface area contributed by atoms with Gasteiger partial charge in [-0.05, 0) is 19.8 Å². The minimum absolute atomic E-state index is 0.590. The van der Waals surface area contributed by atoms with Gasteiger partial charge < -0.3 is 9.52 Å². The fraction of sp³-hybridized carbons (Fsp3) is 0.700. The van der Waals surface area contributed by atoms with Gasteiger partial charge in [0.05, 0.1) is 11.3 Å². The Morgan fingerprint density at radius 3 is 2.57 bits per heavy atom. The second kappa shape index (κ2) is 4.84. The average Bonchev–Trinajstić information content (AvgIpc) is 2.61. The van der Waals surface area contributed by atoms with Crippen LogP contribution < -0.4 is 0 Å². The maximum Gasteiger partial charge on any atom is 0.255 e. The number of rotatable bonds is 5.